The first-order valence-electron chi connectivity index (χ1n) is 17.3. The molecule has 0 saturated carbocycles. The first-order valence-corrected chi connectivity index (χ1v) is 17.3. The van der Waals surface area contributed by atoms with E-state index in [4.69, 9.17) is 42.6 Å². The molecule has 15 N–H and O–H groups in total. The van der Waals surface area contributed by atoms with Gasteiger partial charge in [-0.25, -0.2) is 0 Å². The molecule has 316 valence electrons. The minimum absolute atomic E-state index is 0.846. The summed E-state index contributed by atoms with van der Waals surface area (Å²) < 4.78 is 50.8. The number of hydrogen-bond acceptors (Lipinski definition) is 24. The van der Waals surface area contributed by atoms with Crippen LogP contribution in [0.15, 0.2) is 0 Å². The van der Waals surface area contributed by atoms with Crippen molar-refractivity contribution in [3.8, 4) is 0 Å². The topological polar surface area (TPSA) is 387 Å². The third kappa shape index (κ3) is 8.72. The number of rotatable bonds is 11. The second-order valence-corrected chi connectivity index (χ2v) is 13.9. The fourth-order valence-corrected chi connectivity index (χ4v) is 6.87. The summed E-state index contributed by atoms with van der Waals surface area (Å²) in [4.78, 5) is 0. The lowest BCUT2D eigenvalue weighted by Crippen LogP contribution is -2.69. The van der Waals surface area contributed by atoms with E-state index in [0.717, 1.165) is 0 Å². The van der Waals surface area contributed by atoms with Crippen LogP contribution in [0.2, 0.25) is 0 Å². The lowest BCUT2D eigenvalue weighted by molar-refractivity contribution is -0.409. The largest absolute Gasteiger partial charge is 0.394 e. The maximum absolute atomic E-state index is 11.8. The molecule has 5 fully saturated rings. The van der Waals surface area contributed by atoms with E-state index in [2.05, 4.69) is 0 Å². The zero-order valence-corrected chi connectivity index (χ0v) is 28.9. The van der Waals surface area contributed by atoms with Crippen LogP contribution >= 0.6 is 0 Å². The molecule has 5 saturated heterocycles. The Morgan fingerprint density at radius 1 is 0.333 bits per heavy atom. The number of ether oxygens (including phenoxy) is 9. The zero-order chi connectivity index (χ0) is 39.9. The molecule has 0 spiro atoms. The molecule has 5 aliphatic rings. The highest BCUT2D eigenvalue weighted by atomic mass is 16.8. The van der Waals surface area contributed by atoms with Gasteiger partial charge in [-0.2, -0.15) is 0 Å². The van der Waals surface area contributed by atoms with Crippen LogP contribution < -0.4 is 0 Å². The van der Waals surface area contributed by atoms with Gasteiger partial charge in [-0.3, -0.25) is 0 Å². The van der Waals surface area contributed by atoms with E-state index in [1.165, 1.54) is 13.8 Å². The fourth-order valence-electron chi connectivity index (χ4n) is 6.87. The van der Waals surface area contributed by atoms with Crippen molar-refractivity contribution in [2.75, 3.05) is 19.8 Å². The summed E-state index contributed by atoms with van der Waals surface area (Å²) in [6, 6.07) is 0. The highest BCUT2D eigenvalue weighted by molar-refractivity contribution is 4.99. The van der Waals surface area contributed by atoms with Crippen molar-refractivity contribution in [2.45, 2.75) is 167 Å². The van der Waals surface area contributed by atoms with Crippen molar-refractivity contribution in [2.24, 2.45) is 0 Å². The molecule has 0 amide bonds. The summed E-state index contributed by atoms with van der Waals surface area (Å²) in [6.45, 7) is -0.0853. The average molecular weight is 797 g/mol. The SMILES string of the molecule is C[C@@H]1O[C@@H](O[C@@H]2[C@@H](O[C@@H]3O[C@H](CO)[C@H](O[C@H]4O[C@H](CO)[C@H](O)[C@H](O)[C@H]4O)[C@H](O)[C@H]3O[C@@H]3O[C@@H](C)[C@@H](O)[C@@H](O)[C@@H]3O)[C@@H](O)[C@@H](CO)O[C@@H]2O)[C@@H](O)[C@H](O)[C@@H]1O. The van der Waals surface area contributed by atoms with Crippen LogP contribution in [0.3, 0.4) is 0 Å². The van der Waals surface area contributed by atoms with Crippen LogP contribution in [0.25, 0.3) is 0 Å². The van der Waals surface area contributed by atoms with Crippen molar-refractivity contribution in [3.05, 3.63) is 0 Å². The predicted molar refractivity (Wildman–Crippen MR) is 164 cm³/mol. The monoisotopic (exact) mass is 796 g/mol. The molecular weight excluding hydrogens is 744 g/mol. The van der Waals surface area contributed by atoms with Crippen LogP contribution in [0.1, 0.15) is 13.8 Å². The van der Waals surface area contributed by atoms with Gasteiger partial charge in [0, 0.05) is 0 Å². The van der Waals surface area contributed by atoms with E-state index in [1.807, 2.05) is 0 Å². The van der Waals surface area contributed by atoms with E-state index >= 15 is 0 Å². The molecule has 24 nitrogen and oxygen atoms in total. The Kier molecular flexibility index (Phi) is 15.0. The van der Waals surface area contributed by atoms with Gasteiger partial charge in [-0.1, -0.05) is 0 Å². The van der Waals surface area contributed by atoms with Gasteiger partial charge in [-0.15, -0.1) is 0 Å². The smallest absolute Gasteiger partial charge is 0.187 e. The molecule has 5 rings (SSSR count). The fraction of sp³-hybridized carbons (Fsp3) is 1.00. The molecule has 24 heteroatoms. The molecule has 0 aliphatic carbocycles. The molecule has 0 aromatic carbocycles. The van der Waals surface area contributed by atoms with Crippen molar-refractivity contribution >= 4 is 0 Å². The van der Waals surface area contributed by atoms with Gasteiger partial charge in [0.1, 0.15) is 110 Å². The first kappa shape index (κ1) is 44.1. The van der Waals surface area contributed by atoms with Gasteiger partial charge in [0.15, 0.2) is 31.5 Å². The summed E-state index contributed by atoms with van der Waals surface area (Å²) in [5.41, 5.74) is 0. The van der Waals surface area contributed by atoms with Gasteiger partial charge < -0.3 is 119 Å². The second kappa shape index (κ2) is 18.3. The van der Waals surface area contributed by atoms with Gasteiger partial charge in [0.05, 0.1) is 32.0 Å². The lowest BCUT2D eigenvalue weighted by atomic mass is 9.95. The molecule has 0 aromatic rings. The maximum Gasteiger partial charge on any atom is 0.187 e. The maximum atomic E-state index is 11.8. The molecule has 5 heterocycles. The molecule has 54 heavy (non-hydrogen) atoms. The Labute approximate surface area is 306 Å². The van der Waals surface area contributed by atoms with E-state index in [-0.39, 0.29) is 0 Å². The Bertz CT molecular complexity index is 1170. The number of hydrogen-bond donors (Lipinski definition) is 15. The Morgan fingerprint density at radius 3 is 1.22 bits per heavy atom. The summed E-state index contributed by atoms with van der Waals surface area (Å²) in [5.74, 6) is 0. The number of aliphatic hydroxyl groups is 15. The van der Waals surface area contributed by atoms with Crippen molar-refractivity contribution in [1.82, 2.24) is 0 Å². The minimum Gasteiger partial charge on any atom is -0.394 e. The van der Waals surface area contributed by atoms with Crippen LogP contribution in [0, 0.1) is 0 Å². The van der Waals surface area contributed by atoms with Crippen LogP contribution in [0.5, 0.6) is 0 Å². The molecule has 0 aromatic heterocycles. The summed E-state index contributed by atoms with van der Waals surface area (Å²) in [5, 5.41) is 157. The van der Waals surface area contributed by atoms with Crippen LogP contribution in [-0.2, 0) is 42.6 Å². The quantitative estimate of drug-likeness (QED) is 0.0923. The normalized spacial score (nSPS) is 54.7. The third-order valence-corrected chi connectivity index (χ3v) is 10.2. The molecule has 0 unspecified atom stereocenters. The second-order valence-electron chi connectivity index (χ2n) is 13.9. The van der Waals surface area contributed by atoms with Crippen molar-refractivity contribution < 1.29 is 119 Å². The molecular formula is C30H52O24. The standard InChI is InChI=1S/C30H52O24/c1-6-11(34)15(38)18(41)27(46-6)53-24-21(44)22(51-29-20(43)17(40)13(36)8(3-31)49-29)10(5-33)50-30(24)52-23-14(37)9(4-32)48-26(45)25(23)54-28-19(42)16(39)12(35)7(2)47-28/h6-45H,3-5H2,1-2H3/t6-,7-,8+,9+,10+,11+,12+,13-,14-,15+,16+,17-,18-,19-,20+,21-,22-,23-,24+,25+,26-,27-,28-,29+,30-/m0/s1. The van der Waals surface area contributed by atoms with Gasteiger partial charge in [0.2, 0.25) is 0 Å². The van der Waals surface area contributed by atoms with E-state index < -0.39 is 173 Å². The van der Waals surface area contributed by atoms with E-state index in [0.29, 0.717) is 0 Å². The predicted octanol–water partition coefficient (Wildman–Crippen LogP) is -9.87. The zero-order valence-electron chi connectivity index (χ0n) is 28.9. The first-order chi connectivity index (χ1) is 25.4. The summed E-state index contributed by atoms with van der Waals surface area (Å²) >= 11 is 0. The van der Waals surface area contributed by atoms with Gasteiger partial charge in [0.25, 0.3) is 0 Å². The molecule has 25 atom stereocenters. The summed E-state index contributed by atoms with van der Waals surface area (Å²) in [7, 11) is 0. The van der Waals surface area contributed by atoms with E-state index in [1.54, 1.807) is 0 Å². The molecule has 5 aliphatic heterocycles. The van der Waals surface area contributed by atoms with Gasteiger partial charge in [-0.05, 0) is 13.8 Å². The number of aliphatic hydroxyl groups excluding tert-OH is 15. The Balaban J connectivity index is 1.47. The molecule has 0 radical (unpaired) electrons. The van der Waals surface area contributed by atoms with Crippen molar-refractivity contribution in [1.29, 1.82) is 0 Å². The third-order valence-electron chi connectivity index (χ3n) is 10.2. The van der Waals surface area contributed by atoms with Crippen molar-refractivity contribution in [3.63, 3.8) is 0 Å². The minimum atomic E-state index is -2.10. The average Bonchev–Trinajstić information content (AvgIpc) is 3.15. The van der Waals surface area contributed by atoms with Gasteiger partial charge >= 0.3 is 0 Å². The summed E-state index contributed by atoms with van der Waals surface area (Å²) in [6.07, 6.45) is -44.6. The van der Waals surface area contributed by atoms with E-state index in [9.17, 15) is 76.6 Å². The Morgan fingerprint density at radius 2 is 0.722 bits per heavy atom. The molecule has 0 bridgehead atoms. The highest BCUT2D eigenvalue weighted by Crippen LogP contribution is 2.37. The van der Waals surface area contributed by atoms with Crippen LogP contribution in [-0.4, -0.2) is 250 Å². The highest BCUT2D eigenvalue weighted by Gasteiger charge is 2.57. The Hall–Kier alpha value is -0.960. The van der Waals surface area contributed by atoms with Crippen LogP contribution in [0.4, 0.5) is 0 Å². The lowest BCUT2D eigenvalue weighted by Gasteiger charge is -2.50.